The number of aromatic hydroxyl groups is 2. The second kappa shape index (κ2) is 6.61. The molecule has 3 nitrogen and oxygen atoms in total. The first-order chi connectivity index (χ1) is 11.2. The lowest BCUT2D eigenvalue weighted by atomic mass is 9.84. The molecule has 2 aromatic carbocycles. The van der Waals surface area contributed by atoms with Gasteiger partial charge in [0, 0.05) is 30.1 Å². The van der Waals surface area contributed by atoms with E-state index in [1.165, 1.54) is 0 Å². The van der Waals surface area contributed by atoms with Crippen LogP contribution in [0.2, 0.25) is 0 Å². The van der Waals surface area contributed by atoms with Crippen LogP contribution in [0.15, 0.2) is 73.0 Å². The smallest absolute Gasteiger partial charge is 0.119 e. The third-order valence-electron chi connectivity index (χ3n) is 4.39. The SMILES string of the molecule is CN1C=CC=CC1CC(c1ccccc1O)c1ccccc1O. The van der Waals surface area contributed by atoms with Crippen molar-refractivity contribution in [3.63, 3.8) is 0 Å². The molecule has 1 aliphatic rings. The summed E-state index contributed by atoms with van der Waals surface area (Å²) < 4.78 is 0. The van der Waals surface area contributed by atoms with Gasteiger partial charge in [-0.1, -0.05) is 48.6 Å². The molecule has 0 bridgehead atoms. The van der Waals surface area contributed by atoms with Gasteiger partial charge in [-0.2, -0.15) is 0 Å². The minimum atomic E-state index is -0.0824. The Bertz CT molecular complexity index is 690. The average molecular weight is 307 g/mol. The lowest BCUT2D eigenvalue weighted by Crippen LogP contribution is -2.28. The number of phenols is 2. The average Bonchev–Trinajstić information content (AvgIpc) is 2.56. The Morgan fingerprint density at radius 1 is 0.913 bits per heavy atom. The van der Waals surface area contributed by atoms with E-state index in [-0.39, 0.29) is 23.5 Å². The molecule has 1 unspecified atom stereocenters. The highest BCUT2D eigenvalue weighted by Gasteiger charge is 2.25. The number of hydrogen-bond donors (Lipinski definition) is 2. The monoisotopic (exact) mass is 307 g/mol. The van der Waals surface area contributed by atoms with E-state index in [1.807, 2.05) is 61.8 Å². The molecule has 0 saturated heterocycles. The highest BCUT2D eigenvalue weighted by Crippen LogP contribution is 2.39. The Hall–Kier alpha value is -2.68. The summed E-state index contributed by atoms with van der Waals surface area (Å²) in [6.07, 6.45) is 9.00. The van der Waals surface area contributed by atoms with E-state index in [4.69, 9.17) is 0 Å². The van der Waals surface area contributed by atoms with Gasteiger partial charge in [-0.3, -0.25) is 0 Å². The second-order valence-corrected chi connectivity index (χ2v) is 5.87. The molecule has 1 heterocycles. The lowest BCUT2D eigenvalue weighted by Gasteiger charge is -2.30. The topological polar surface area (TPSA) is 43.7 Å². The highest BCUT2D eigenvalue weighted by molar-refractivity contribution is 5.46. The maximum absolute atomic E-state index is 10.3. The van der Waals surface area contributed by atoms with E-state index < -0.39 is 0 Å². The van der Waals surface area contributed by atoms with Crippen LogP contribution in [0.3, 0.4) is 0 Å². The Kier molecular flexibility index (Phi) is 4.38. The van der Waals surface area contributed by atoms with Crippen molar-refractivity contribution in [2.24, 2.45) is 0 Å². The fourth-order valence-corrected chi connectivity index (χ4v) is 3.10. The van der Waals surface area contributed by atoms with Crippen molar-refractivity contribution < 1.29 is 10.2 Å². The summed E-state index contributed by atoms with van der Waals surface area (Å²) in [4.78, 5) is 2.15. The molecule has 3 rings (SSSR count). The van der Waals surface area contributed by atoms with Gasteiger partial charge in [0.15, 0.2) is 0 Å². The molecule has 0 amide bonds. The summed E-state index contributed by atoms with van der Waals surface area (Å²) in [7, 11) is 2.04. The number of para-hydroxylation sites is 2. The van der Waals surface area contributed by atoms with Crippen LogP contribution in [-0.2, 0) is 0 Å². The molecule has 0 aliphatic carbocycles. The van der Waals surface area contributed by atoms with E-state index in [0.717, 1.165) is 17.5 Å². The van der Waals surface area contributed by atoms with Crippen LogP contribution in [-0.4, -0.2) is 28.2 Å². The first-order valence-corrected chi connectivity index (χ1v) is 7.79. The van der Waals surface area contributed by atoms with Gasteiger partial charge >= 0.3 is 0 Å². The normalized spacial score (nSPS) is 17.0. The van der Waals surface area contributed by atoms with Crippen molar-refractivity contribution >= 4 is 0 Å². The van der Waals surface area contributed by atoms with Crippen molar-refractivity contribution in [2.45, 2.75) is 18.4 Å². The molecule has 118 valence electrons. The Morgan fingerprint density at radius 3 is 2.00 bits per heavy atom. The summed E-state index contributed by atoms with van der Waals surface area (Å²) in [6, 6.07) is 14.9. The number of nitrogens with zero attached hydrogens (tertiary/aromatic N) is 1. The van der Waals surface area contributed by atoms with Crippen molar-refractivity contribution in [1.29, 1.82) is 0 Å². The van der Waals surface area contributed by atoms with E-state index in [1.54, 1.807) is 12.1 Å². The quantitative estimate of drug-likeness (QED) is 0.897. The standard InChI is InChI=1S/C20H21NO2/c1-21-13-7-6-8-15(21)14-18(16-9-2-4-11-19(16)22)17-10-3-5-12-20(17)23/h2-13,15,18,22-23H,14H2,1H3. The van der Waals surface area contributed by atoms with E-state index in [2.05, 4.69) is 11.0 Å². The zero-order valence-electron chi connectivity index (χ0n) is 13.1. The fourth-order valence-electron chi connectivity index (χ4n) is 3.10. The molecule has 0 spiro atoms. The number of likely N-dealkylation sites (N-methyl/N-ethyl adjacent to an activating group) is 1. The molecular formula is C20H21NO2. The lowest BCUT2D eigenvalue weighted by molar-refractivity contribution is 0.345. The van der Waals surface area contributed by atoms with Crippen LogP contribution in [0.1, 0.15) is 23.5 Å². The van der Waals surface area contributed by atoms with Gasteiger partial charge in [0.25, 0.3) is 0 Å². The molecule has 0 radical (unpaired) electrons. The predicted octanol–water partition coefficient (Wildman–Crippen LogP) is 4.00. The number of benzene rings is 2. The molecule has 0 aromatic heterocycles. The van der Waals surface area contributed by atoms with Gasteiger partial charge in [0.2, 0.25) is 0 Å². The molecule has 1 atom stereocenters. The summed E-state index contributed by atoms with van der Waals surface area (Å²) in [6.45, 7) is 0. The Labute approximate surface area is 136 Å². The number of allylic oxidation sites excluding steroid dienone is 2. The Morgan fingerprint density at radius 2 is 1.48 bits per heavy atom. The fraction of sp³-hybridized carbons (Fsp3) is 0.200. The molecule has 1 aliphatic heterocycles. The zero-order chi connectivity index (χ0) is 16.2. The summed E-state index contributed by atoms with van der Waals surface area (Å²) in [5.41, 5.74) is 1.68. The first-order valence-electron chi connectivity index (χ1n) is 7.79. The van der Waals surface area contributed by atoms with Gasteiger partial charge in [-0.15, -0.1) is 0 Å². The Balaban J connectivity index is 2.01. The van der Waals surface area contributed by atoms with Crippen molar-refractivity contribution in [2.75, 3.05) is 7.05 Å². The largest absolute Gasteiger partial charge is 0.508 e. The van der Waals surface area contributed by atoms with Crippen LogP contribution in [0, 0.1) is 0 Å². The summed E-state index contributed by atoms with van der Waals surface area (Å²) >= 11 is 0. The molecular weight excluding hydrogens is 286 g/mol. The van der Waals surface area contributed by atoms with Gasteiger partial charge in [0.05, 0.1) is 0 Å². The van der Waals surface area contributed by atoms with Gasteiger partial charge in [-0.25, -0.2) is 0 Å². The van der Waals surface area contributed by atoms with E-state index >= 15 is 0 Å². The summed E-state index contributed by atoms with van der Waals surface area (Å²) in [5.74, 6) is 0.443. The van der Waals surface area contributed by atoms with Crippen LogP contribution in [0.5, 0.6) is 11.5 Å². The van der Waals surface area contributed by atoms with Gasteiger partial charge in [-0.05, 0) is 30.8 Å². The van der Waals surface area contributed by atoms with Crippen molar-refractivity contribution in [3.8, 4) is 11.5 Å². The van der Waals surface area contributed by atoms with Crippen LogP contribution < -0.4 is 0 Å². The molecule has 3 heteroatoms. The van der Waals surface area contributed by atoms with Crippen molar-refractivity contribution in [3.05, 3.63) is 84.1 Å². The van der Waals surface area contributed by atoms with Crippen LogP contribution >= 0.6 is 0 Å². The minimum Gasteiger partial charge on any atom is -0.508 e. The molecule has 2 N–H and O–H groups in total. The van der Waals surface area contributed by atoms with Gasteiger partial charge in [0.1, 0.15) is 11.5 Å². The minimum absolute atomic E-state index is 0.0824. The number of phenolic OH excluding ortho intramolecular Hbond substituents is 2. The third kappa shape index (κ3) is 3.24. The number of hydrogen-bond acceptors (Lipinski definition) is 3. The third-order valence-corrected chi connectivity index (χ3v) is 4.39. The molecule has 0 saturated carbocycles. The molecule has 0 fully saturated rings. The first kappa shape index (κ1) is 15.2. The highest BCUT2D eigenvalue weighted by atomic mass is 16.3. The maximum atomic E-state index is 10.3. The number of rotatable bonds is 4. The van der Waals surface area contributed by atoms with Crippen LogP contribution in [0.4, 0.5) is 0 Å². The van der Waals surface area contributed by atoms with E-state index in [9.17, 15) is 10.2 Å². The second-order valence-electron chi connectivity index (χ2n) is 5.87. The maximum Gasteiger partial charge on any atom is 0.119 e. The molecule has 2 aromatic rings. The van der Waals surface area contributed by atoms with Crippen LogP contribution in [0.25, 0.3) is 0 Å². The van der Waals surface area contributed by atoms with Crippen molar-refractivity contribution in [1.82, 2.24) is 4.90 Å². The van der Waals surface area contributed by atoms with E-state index in [0.29, 0.717) is 0 Å². The van der Waals surface area contributed by atoms with Gasteiger partial charge < -0.3 is 15.1 Å². The predicted molar refractivity (Wildman–Crippen MR) is 92.5 cm³/mol. The molecule has 23 heavy (non-hydrogen) atoms. The zero-order valence-corrected chi connectivity index (χ0v) is 13.1. The summed E-state index contributed by atoms with van der Waals surface area (Å²) in [5, 5.41) is 20.6.